The van der Waals surface area contributed by atoms with Gasteiger partial charge in [0.1, 0.15) is 6.20 Å². The highest BCUT2D eigenvalue weighted by Crippen LogP contribution is 2.32. The van der Waals surface area contributed by atoms with Crippen LogP contribution in [0.2, 0.25) is 0 Å². The molecule has 0 radical (unpaired) electrons. The molecule has 1 aromatic carbocycles. The van der Waals surface area contributed by atoms with Crippen molar-refractivity contribution >= 4 is 23.4 Å². The van der Waals surface area contributed by atoms with Crippen molar-refractivity contribution in [2.24, 2.45) is 0 Å². The quantitative estimate of drug-likeness (QED) is 0.513. The van der Waals surface area contributed by atoms with Gasteiger partial charge in [-0.2, -0.15) is 4.98 Å². The molecular weight excluding hydrogens is 264 g/mol. The highest BCUT2D eigenvalue weighted by atomic mass is 32.2. The Labute approximate surface area is 114 Å². The van der Waals surface area contributed by atoms with Gasteiger partial charge in [-0.25, -0.2) is 4.98 Å². The molecular formula is C12H12N4O2S. The maximum atomic E-state index is 11.0. The van der Waals surface area contributed by atoms with E-state index in [4.69, 9.17) is 0 Å². The summed E-state index contributed by atoms with van der Waals surface area (Å²) >= 11 is 1.25. The van der Waals surface area contributed by atoms with E-state index in [2.05, 4.69) is 15.3 Å². The van der Waals surface area contributed by atoms with Crippen molar-refractivity contribution in [1.29, 1.82) is 0 Å². The summed E-state index contributed by atoms with van der Waals surface area (Å²) in [4.78, 5) is 19.5. The largest absolute Gasteiger partial charge is 0.354 e. The summed E-state index contributed by atoms with van der Waals surface area (Å²) in [5.41, 5.74) is -0.0875. The second-order valence-corrected chi connectivity index (χ2v) is 4.65. The van der Waals surface area contributed by atoms with Crippen molar-refractivity contribution in [3.63, 3.8) is 0 Å². The Bertz CT molecular complexity index is 577. The molecule has 1 N–H and O–H groups in total. The molecule has 0 unspecified atom stereocenters. The van der Waals surface area contributed by atoms with Gasteiger partial charge in [-0.15, -0.1) is 0 Å². The predicted molar refractivity (Wildman–Crippen MR) is 73.4 cm³/mol. The normalized spacial score (nSPS) is 10.2. The first-order valence-corrected chi connectivity index (χ1v) is 6.50. The van der Waals surface area contributed by atoms with Crippen molar-refractivity contribution in [1.82, 2.24) is 9.97 Å². The molecule has 0 aliphatic heterocycles. The third-order valence-corrected chi connectivity index (χ3v) is 3.23. The summed E-state index contributed by atoms with van der Waals surface area (Å²) in [7, 11) is 0. The third kappa shape index (κ3) is 3.41. The van der Waals surface area contributed by atoms with Gasteiger partial charge in [0.05, 0.1) is 4.92 Å². The van der Waals surface area contributed by atoms with Crippen LogP contribution in [0, 0.1) is 10.1 Å². The Kier molecular flexibility index (Phi) is 4.30. The summed E-state index contributed by atoms with van der Waals surface area (Å²) in [5, 5.41) is 14.2. The van der Waals surface area contributed by atoms with Crippen LogP contribution in [-0.4, -0.2) is 21.4 Å². The molecule has 2 aromatic rings. The number of nitro groups is 1. The van der Waals surface area contributed by atoms with Gasteiger partial charge in [0.15, 0.2) is 5.03 Å². The first-order chi connectivity index (χ1) is 9.20. The summed E-state index contributed by atoms with van der Waals surface area (Å²) < 4.78 is 0. The van der Waals surface area contributed by atoms with E-state index in [0.717, 1.165) is 4.90 Å². The van der Waals surface area contributed by atoms with E-state index in [1.807, 2.05) is 37.3 Å². The minimum Gasteiger partial charge on any atom is -0.354 e. The Morgan fingerprint density at radius 2 is 2.11 bits per heavy atom. The standard InChI is InChI=1S/C12H12N4O2S/c1-2-13-12-14-8-10(16(17)18)11(15-12)19-9-6-4-3-5-7-9/h3-8H,2H2,1H3,(H,13,14,15). The Balaban J connectivity index is 2.35. The fraction of sp³-hybridized carbons (Fsp3) is 0.167. The second kappa shape index (κ2) is 6.14. The van der Waals surface area contributed by atoms with Crippen LogP contribution in [0.15, 0.2) is 46.5 Å². The van der Waals surface area contributed by atoms with E-state index >= 15 is 0 Å². The first-order valence-electron chi connectivity index (χ1n) is 5.69. The molecule has 1 aromatic heterocycles. The zero-order chi connectivity index (χ0) is 13.7. The summed E-state index contributed by atoms with van der Waals surface area (Å²) in [6, 6.07) is 9.40. The molecule has 0 amide bonds. The third-order valence-electron chi connectivity index (χ3n) is 2.23. The molecule has 0 atom stereocenters. The number of nitrogens with one attached hydrogen (secondary N) is 1. The molecule has 0 bridgehead atoms. The molecule has 0 saturated carbocycles. The van der Waals surface area contributed by atoms with E-state index in [-0.39, 0.29) is 5.69 Å². The molecule has 0 spiro atoms. The van der Waals surface area contributed by atoms with Gasteiger partial charge in [-0.3, -0.25) is 10.1 Å². The minimum atomic E-state index is -0.471. The van der Waals surface area contributed by atoms with Crippen LogP contribution in [0.3, 0.4) is 0 Å². The van der Waals surface area contributed by atoms with Gasteiger partial charge in [0.2, 0.25) is 5.95 Å². The van der Waals surface area contributed by atoms with E-state index < -0.39 is 4.92 Å². The zero-order valence-corrected chi connectivity index (χ0v) is 11.1. The maximum absolute atomic E-state index is 11.0. The molecule has 1 heterocycles. The molecule has 6 nitrogen and oxygen atoms in total. The fourth-order valence-corrected chi connectivity index (χ4v) is 2.28. The van der Waals surface area contributed by atoms with Gasteiger partial charge in [0.25, 0.3) is 0 Å². The van der Waals surface area contributed by atoms with Gasteiger partial charge in [-0.05, 0) is 19.1 Å². The van der Waals surface area contributed by atoms with E-state index in [1.54, 1.807) is 0 Å². The minimum absolute atomic E-state index is 0.0875. The average molecular weight is 276 g/mol. The van der Waals surface area contributed by atoms with Crippen LogP contribution in [0.1, 0.15) is 6.92 Å². The zero-order valence-electron chi connectivity index (χ0n) is 10.2. The van der Waals surface area contributed by atoms with Gasteiger partial charge in [0, 0.05) is 11.4 Å². The van der Waals surface area contributed by atoms with Gasteiger partial charge in [-0.1, -0.05) is 30.0 Å². The van der Waals surface area contributed by atoms with Crippen LogP contribution in [-0.2, 0) is 0 Å². The number of benzene rings is 1. The van der Waals surface area contributed by atoms with Crippen molar-refractivity contribution in [2.75, 3.05) is 11.9 Å². The van der Waals surface area contributed by atoms with Crippen LogP contribution >= 0.6 is 11.8 Å². The fourth-order valence-electron chi connectivity index (χ4n) is 1.40. The average Bonchev–Trinajstić information content (AvgIpc) is 2.40. The van der Waals surface area contributed by atoms with Crippen molar-refractivity contribution in [3.8, 4) is 0 Å². The number of nitrogens with zero attached hydrogens (tertiary/aromatic N) is 3. The van der Waals surface area contributed by atoms with Crippen LogP contribution < -0.4 is 5.32 Å². The lowest BCUT2D eigenvalue weighted by Crippen LogP contribution is -2.04. The van der Waals surface area contributed by atoms with E-state index in [1.165, 1.54) is 18.0 Å². The van der Waals surface area contributed by atoms with Crippen molar-refractivity contribution in [3.05, 3.63) is 46.6 Å². The van der Waals surface area contributed by atoms with Gasteiger partial charge >= 0.3 is 5.69 Å². The topological polar surface area (TPSA) is 81.0 Å². The maximum Gasteiger partial charge on any atom is 0.320 e. The molecule has 19 heavy (non-hydrogen) atoms. The summed E-state index contributed by atoms with van der Waals surface area (Å²) in [6.07, 6.45) is 1.23. The number of hydrogen-bond acceptors (Lipinski definition) is 6. The molecule has 0 fully saturated rings. The number of anilines is 1. The summed E-state index contributed by atoms with van der Waals surface area (Å²) in [5.74, 6) is 0.395. The number of aromatic nitrogens is 2. The Hall–Kier alpha value is -2.15. The van der Waals surface area contributed by atoms with E-state index in [9.17, 15) is 10.1 Å². The lowest BCUT2D eigenvalue weighted by Gasteiger charge is -2.05. The van der Waals surface area contributed by atoms with Crippen LogP contribution in [0.4, 0.5) is 11.6 Å². The molecule has 98 valence electrons. The van der Waals surface area contributed by atoms with Gasteiger partial charge < -0.3 is 5.32 Å². The molecule has 0 aliphatic carbocycles. The number of rotatable bonds is 5. The van der Waals surface area contributed by atoms with Crippen molar-refractivity contribution in [2.45, 2.75) is 16.8 Å². The van der Waals surface area contributed by atoms with Crippen LogP contribution in [0.25, 0.3) is 0 Å². The molecule has 7 heteroatoms. The number of hydrogen-bond donors (Lipinski definition) is 1. The Morgan fingerprint density at radius 1 is 1.37 bits per heavy atom. The second-order valence-electron chi connectivity index (χ2n) is 3.59. The highest BCUT2D eigenvalue weighted by molar-refractivity contribution is 7.99. The van der Waals surface area contributed by atoms with Crippen molar-refractivity contribution < 1.29 is 4.92 Å². The monoisotopic (exact) mass is 276 g/mol. The van der Waals surface area contributed by atoms with Crippen LogP contribution in [0.5, 0.6) is 0 Å². The SMILES string of the molecule is CCNc1ncc([N+](=O)[O-])c(Sc2ccccc2)n1. The first kappa shape index (κ1) is 13.3. The highest BCUT2D eigenvalue weighted by Gasteiger charge is 2.18. The summed E-state index contributed by atoms with van der Waals surface area (Å²) in [6.45, 7) is 2.57. The molecule has 2 rings (SSSR count). The predicted octanol–water partition coefficient (Wildman–Crippen LogP) is 2.97. The lowest BCUT2D eigenvalue weighted by atomic mass is 10.4. The van der Waals surface area contributed by atoms with E-state index in [0.29, 0.717) is 17.5 Å². The smallest absolute Gasteiger partial charge is 0.320 e. The lowest BCUT2D eigenvalue weighted by molar-refractivity contribution is -0.388. The Morgan fingerprint density at radius 3 is 2.74 bits per heavy atom. The molecule has 0 saturated heterocycles. The molecule has 0 aliphatic rings.